The Morgan fingerprint density at radius 1 is 0.855 bits per heavy atom. The van der Waals surface area contributed by atoms with Crippen LogP contribution in [-0.2, 0) is 33.4 Å². The number of aryl methyl sites for hydroxylation is 2. The van der Waals surface area contributed by atoms with Crippen molar-refractivity contribution in [2.24, 2.45) is 17.0 Å². The van der Waals surface area contributed by atoms with Crippen LogP contribution in [0.5, 0.6) is 23.0 Å². The molecule has 0 bridgehead atoms. The fourth-order valence-electron chi connectivity index (χ4n) is 8.16. The van der Waals surface area contributed by atoms with Crippen LogP contribution in [-0.4, -0.2) is 95.2 Å². The maximum atomic E-state index is 12.6. The number of hydrogen-bond donors (Lipinski definition) is 4. The second-order valence-corrected chi connectivity index (χ2v) is 16.9. The van der Waals surface area contributed by atoms with E-state index >= 15 is 0 Å². The number of aliphatic hydroxyl groups excluding tert-OH is 1. The molecule has 2 unspecified atom stereocenters. The van der Waals surface area contributed by atoms with E-state index in [0.29, 0.717) is 27.8 Å². The molecular formula is C49H54N2O18. The number of nitrogens with one attached hydrogen (secondary N) is 1. The monoisotopic (exact) mass is 958 g/mol. The van der Waals surface area contributed by atoms with Crippen molar-refractivity contribution in [1.82, 2.24) is 5.48 Å². The first kappa shape index (κ1) is 51.1. The van der Waals surface area contributed by atoms with Gasteiger partial charge < -0.3 is 62.1 Å². The molecule has 20 heteroatoms. The Kier molecular flexibility index (Phi) is 14.9. The lowest BCUT2D eigenvalue weighted by molar-refractivity contribution is -0.275. The van der Waals surface area contributed by atoms with E-state index in [9.17, 15) is 34.5 Å². The zero-order valence-corrected chi connectivity index (χ0v) is 39.4. The summed E-state index contributed by atoms with van der Waals surface area (Å²) in [6, 6.07) is 6.20. The van der Waals surface area contributed by atoms with Crippen LogP contribution in [0, 0.1) is 38.0 Å². The molecule has 4 aromatic rings. The summed E-state index contributed by atoms with van der Waals surface area (Å²) in [6.45, 7) is 24.7. The number of nitrogens with zero attached hydrogens (tertiary/aromatic N) is 1. The Morgan fingerprint density at radius 2 is 1.36 bits per heavy atom. The third kappa shape index (κ3) is 9.72. The molecule has 2 aromatic heterocycles. The summed E-state index contributed by atoms with van der Waals surface area (Å²) in [5.74, 6) is 1.42. The minimum atomic E-state index is -1.44. The van der Waals surface area contributed by atoms with Gasteiger partial charge in [-0.05, 0) is 71.4 Å². The molecule has 7 rings (SSSR count). The molecule has 368 valence electrons. The SMILES string of the molecule is C#CCONC(=O)O[C@@H]1[C@@H](C)[C@](C)(C=C)OC(Oc2ccc3c(O)c(/C(C)=N/OC)c(=O)oc3c2C)[C@@H]1O.C=C[C@]1(C)OC(Oc2ccc3c(O)c(C(=C)C)c(=O)oc3c2C)[C@@H]2OC(=O)O[C@@H]2[C@H]1C. The molecule has 3 aliphatic heterocycles. The maximum absolute atomic E-state index is 12.6. The predicted octanol–water partition coefficient (Wildman–Crippen LogP) is 6.57. The van der Waals surface area contributed by atoms with Gasteiger partial charge in [0.15, 0.2) is 12.2 Å². The van der Waals surface area contributed by atoms with Crippen LogP contribution in [0.2, 0.25) is 0 Å². The largest absolute Gasteiger partial charge is 0.509 e. The van der Waals surface area contributed by atoms with E-state index in [0.717, 1.165) is 0 Å². The molecular weight excluding hydrogens is 905 g/mol. The molecule has 3 saturated heterocycles. The average molecular weight is 959 g/mol. The highest BCUT2D eigenvalue weighted by atomic mass is 16.8. The van der Waals surface area contributed by atoms with Gasteiger partial charge in [-0.15, -0.1) is 19.6 Å². The summed E-state index contributed by atoms with van der Waals surface area (Å²) in [4.78, 5) is 58.4. The van der Waals surface area contributed by atoms with Gasteiger partial charge in [0.1, 0.15) is 65.1 Å². The number of allylic oxidation sites excluding steroid dienone is 1. The lowest BCUT2D eigenvalue weighted by Gasteiger charge is -2.47. The van der Waals surface area contributed by atoms with Crippen LogP contribution in [0.25, 0.3) is 27.5 Å². The Labute approximate surface area is 395 Å². The summed E-state index contributed by atoms with van der Waals surface area (Å²) in [7, 11) is 1.31. The quantitative estimate of drug-likeness (QED) is 0.0222. The van der Waals surface area contributed by atoms with Crippen LogP contribution < -0.4 is 26.2 Å². The molecule has 2 aromatic carbocycles. The lowest BCUT2D eigenvalue weighted by Crippen LogP contribution is -2.61. The van der Waals surface area contributed by atoms with Gasteiger partial charge in [0.25, 0.3) is 0 Å². The van der Waals surface area contributed by atoms with E-state index < -0.39 is 77.6 Å². The Bertz CT molecular complexity index is 2900. The van der Waals surface area contributed by atoms with Gasteiger partial charge in [-0.3, -0.25) is 4.84 Å². The molecule has 1 amide bonds. The number of terminal acetylenes is 1. The fraction of sp³-hybridized carbons (Fsp3) is 0.408. The van der Waals surface area contributed by atoms with Crippen LogP contribution in [0.3, 0.4) is 0 Å². The molecule has 0 spiro atoms. The van der Waals surface area contributed by atoms with E-state index in [-0.39, 0.29) is 63.2 Å². The summed E-state index contributed by atoms with van der Waals surface area (Å²) in [6.07, 6.45) is 0.275. The van der Waals surface area contributed by atoms with Gasteiger partial charge >= 0.3 is 23.5 Å². The fourth-order valence-corrected chi connectivity index (χ4v) is 8.16. The van der Waals surface area contributed by atoms with Crippen molar-refractivity contribution in [2.75, 3.05) is 13.7 Å². The molecule has 3 aliphatic rings. The first-order chi connectivity index (χ1) is 32.6. The average Bonchev–Trinajstić information content (AvgIpc) is 3.70. The number of carbonyl (C=O) groups excluding carboxylic acids is 2. The van der Waals surface area contributed by atoms with Crippen molar-refractivity contribution in [3.8, 4) is 35.3 Å². The van der Waals surface area contributed by atoms with Gasteiger partial charge in [0.05, 0.1) is 27.7 Å². The maximum Gasteiger partial charge on any atom is 0.509 e. The van der Waals surface area contributed by atoms with Gasteiger partial charge in [0.2, 0.25) is 18.7 Å². The normalized spacial score (nSPS) is 27.3. The summed E-state index contributed by atoms with van der Waals surface area (Å²) < 4.78 is 51.2. The number of hydroxylamine groups is 1. The number of carbonyl (C=O) groups is 2. The number of amides is 1. The highest BCUT2D eigenvalue weighted by molar-refractivity contribution is 6.04. The zero-order chi connectivity index (χ0) is 50.9. The van der Waals surface area contributed by atoms with Crippen LogP contribution in [0.15, 0.2) is 79.7 Å². The summed E-state index contributed by atoms with van der Waals surface area (Å²) in [5.41, 5.74) is 0.0860. The van der Waals surface area contributed by atoms with Crippen molar-refractivity contribution in [3.63, 3.8) is 0 Å². The molecule has 4 N–H and O–H groups in total. The molecule has 5 heterocycles. The topological polar surface area (TPSA) is 263 Å². The number of ether oxygens (including phenoxy) is 7. The number of rotatable bonds is 12. The van der Waals surface area contributed by atoms with Crippen LogP contribution in [0.4, 0.5) is 9.59 Å². The van der Waals surface area contributed by atoms with Crippen molar-refractivity contribution in [2.45, 2.75) is 104 Å². The first-order valence-corrected chi connectivity index (χ1v) is 21.4. The van der Waals surface area contributed by atoms with Gasteiger partial charge in [0, 0.05) is 23.0 Å². The minimum absolute atomic E-state index is 0.0322. The lowest BCUT2D eigenvalue weighted by atomic mass is 9.81. The van der Waals surface area contributed by atoms with E-state index in [1.54, 1.807) is 52.8 Å². The van der Waals surface area contributed by atoms with Crippen molar-refractivity contribution in [1.29, 1.82) is 0 Å². The van der Waals surface area contributed by atoms with Crippen LogP contribution in [0.1, 0.15) is 63.8 Å². The third-order valence-electron chi connectivity index (χ3n) is 12.6. The van der Waals surface area contributed by atoms with Gasteiger partial charge in [-0.1, -0.05) is 43.7 Å². The van der Waals surface area contributed by atoms with Gasteiger partial charge in [-0.2, -0.15) is 5.48 Å². The second kappa shape index (κ2) is 20.1. The molecule has 20 nitrogen and oxygen atoms in total. The van der Waals surface area contributed by atoms with E-state index in [4.69, 9.17) is 53.3 Å². The Hall–Kier alpha value is -7.31. The molecule has 0 aliphatic carbocycles. The predicted molar refractivity (Wildman–Crippen MR) is 248 cm³/mol. The summed E-state index contributed by atoms with van der Waals surface area (Å²) in [5, 5.41) is 36.6. The Balaban J connectivity index is 0.000000231. The highest BCUT2D eigenvalue weighted by Crippen LogP contribution is 2.44. The number of hydrogen-bond acceptors (Lipinski definition) is 19. The number of aromatic hydroxyl groups is 2. The number of aliphatic hydroxyl groups is 1. The molecule has 69 heavy (non-hydrogen) atoms. The smallest absolute Gasteiger partial charge is 0.506 e. The number of benzene rings is 2. The standard InChI is InChI=1S/C26H30N2O10.C23H24O8/c1-8-12-34-28-25(32)37-22-14(4)26(6,9-2)38-24(20(22)30)35-17-11-10-16-19(29)18(15(5)27-33-7)23(31)36-21(16)13(17)3;1-7-23(6)12(5)18-19(30-22(26)29-18)21(31-23)27-14-9-8-13-16(24)15(10(2)3)20(25)28-17(13)11(14)4/h1,9-11,14,20,22,24,29-30H,2,12H2,3-7H3,(H,28,32);7-9,12,18-19,21,24H,1-2H2,3-6H3/b27-15+;/t14-,20-,22-,24?,26+;12-,18-,19-,21?,23+/m11/s1. The molecule has 3 fully saturated rings. The first-order valence-electron chi connectivity index (χ1n) is 21.4. The number of oxime groups is 1. The van der Waals surface area contributed by atoms with Crippen molar-refractivity contribution >= 4 is 45.5 Å². The summed E-state index contributed by atoms with van der Waals surface area (Å²) >= 11 is 0. The van der Waals surface area contributed by atoms with Crippen molar-refractivity contribution < 1.29 is 76.6 Å². The third-order valence-corrected chi connectivity index (χ3v) is 12.6. The Morgan fingerprint density at radius 3 is 1.90 bits per heavy atom. The van der Waals surface area contributed by atoms with E-state index in [1.165, 1.54) is 32.2 Å². The minimum Gasteiger partial charge on any atom is -0.506 e. The van der Waals surface area contributed by atoms with E-state index in [2.05, 4.69) is 35.7 Å². The molecule has 0 radical (unpaired) electrons. The zero-order valence-electron chi connectivity index (χ0n) is 39.4. The van der Waals surface area contributed by atoms with Crippen molar-refractivity contribution in [3.05, 3.63) is 99.2 Å². The van der Waals surface area contributed by atoms with Crippen LogP contribution >= 0.6 is 0 Å². The van der Waals surface area contributed by atoms with E-state index in [1.807, 2.05) is 19.3 Å². The molecule has 0 saturated carbocycles. The van der Waals surface area contributed by atoms with Gasteiger partial charge in [-0.25, -0.2) is 19.2 Å². The highest BCUT2D eigenvalue weighted by Gasteiger charge is 2.57. The second-order valence-electron chi connectivity index (χ2n) is 16.9. The number of fused-ring (bicyclic) bond motifs is 3. The molecule has 10 atom stereocenters.